The molecule has 102 valence electrons. The lowest BCUT2D eigenvalue weighted by molar-refractivity contribution is 0.219. The molecule has 0 fully saturated rings. The summed E-state index contributed by atoms with van der Waals surface area (Å²) in [7, 11) is -1.61. The van der Waals surface area contributed by atoms with Gasteiger partial charge in [0.1, 0.15) is 14.9 Å². The minimum Gasteiger partial charge on any atom is -0.244 e. The van der Waals surface area contributed by atoms with Crippen molar-refractivity contribution in [3.05, 3.63) is 23.0 Å². The molecule has 2 aliphatic heterocycles. The van der Waals surface area contributed by atoms with Crippen molar-refractivity contribution in [1.29, 1.82) is 0 Å². The first-order valence-electron chi connectivity index (χ1n) is 5.98. The van der Waals surface area contributed by atoms with Crippen molar-refractivity contribution in [2.75, 3.05) is 0 Å². The van der Waals surface area contributed by atoms with Crippen LogP contribution in [0.3, 0.4) is 0 Å². The van der Waals surface area contributed by atoms with Gasteiger partial charge < -0.3 is 0 Å². The number of allylic oxidation sites excluding steroid dienone is 2. The second-order valence-corrected chi connectivity index (χ2v) is 11.2. The molecule has 0 N–H and O–H groups in total. The average Bonchev–Trinajstić information content (AvgIpc) is 2.65. The topological polar surface area (TPSA) is 6.48 Å². The van der Waals surface area contributed by atoms with Gasteiger partial charge in [0.05, 0.1) is 0 Å². The molecule has 2 heterocycles. The Morgan fingerprint density at radius 3 is 1.28 bits per heavy atom. The highest BCUT2D eigenvalue weighted by Crippen LogP contribution is 2.73. The van der Waals surface area contributed by atoms with Crippen LogP contribution in [-0.2, 0) is 0 Å². The van der Waals surface area contributed by atoms with Gasteiger partial charge in [-0.1, -0.05) is 64.0 Å². The molecule has 0 bridgehead atoms. The quantitative estimate of drug-likeness (QED) is 0.475. The Bertz CT molecular complexity index is 381. The fraction of sp³-hybridized carbons (Fsp3) is 0.667. The van der Waals surface area contributed by atoms with Crippen LogP contribution in [0.15, 0.2) is 23.0 Å². The maximum atomic E-state index is 6.56. The van der Waals surface area contributed by atoms with Gasteiger partial charge in [-0.05, 0) is 11.6 Å². The molecular weight excluding hydrogens is 305 g/mol. The van der Waals surface area contributed by atoms with Crippen LogP contribution in [0.5, 0.6) is 0 Å². The summed E-state index contributed by atoms with van der Waals surface area (Å²) in [6.07, 6.45) is 0. The van der Waals surface area contributed by atoms with Crippen LogP contribution in [0.2, 0.25) is 0 Å². The molecule has 2 atom stereocenters. The van der Waals surface area contributed by atoms with Crippen LogP contribution in [0.4, 0.5) is 0 Å². The van der Waals surface area contributed by atoms with Crippen LogP contribution in [0, 0.1) is 10.8 Å². The van der Waals surface area contributed by atoms with Crippen molar-refractivity contribution in [3.8, 4) is 0 Å². The first-order valence-corrected chi connectivity index (χ1v) is 10.5. The van der Waals surface area contributed by atoms with Gasteiger partial charge in [0.25, 0.3) is 0 Å². The van der Waals surface area contributed by atoms with Crippen LogP contribution < -0.4 is 0 Å². The number of nitrogens with zero attached hydrogens (tertiary/aromatic N) is 2. The minimum absolute atomic E-state index is 0.0703. The minimum atomic E-state index is -0.806. The molecule has 0 aliphatic carbocycles. The molecule has 0 saturated carbocycles. The Hall–Kier alpha value is 0.520. The standard InChI is InChI=1S/C12H20Cl2N2P2/c1-11(2,3)9-7-17(13)16-10(12(4,5)6)8-18(14)15(9)16/h7-8H,1-6H3. The summed E-state index contributed by atoms with van der Waals surface area (Å²) >= 11 is 13.1. The van der Waals surface area contributed by atoms with Gasteiger partial charge >= 0.3 is 0 Å². The number of hydrogen-bond donors (Lipinski definition) is 0. The maximum absolute atomic E-state index is 6.56. The van der Waals surface area contributed by atoms with Crippen LogP contribution >= 0.6 is 37.3 Å². The van der Waals surface area contributed by atoms with E-state index >= 15 is 0 Å². The fourth-order valence-electron chi connectivity index (χ4n) is 1.97. The molecule has 0 saturated heterocycles. The SMILES string of the molecule is CC(C)(C)C1=CP(Cl)N2C(C(C)(C)C)=CP(Cl)N12. The van der Waals surface area contributed by atoms with E-state index in [1.54, 1.807) is 0 Å². The highest BCUT2D eigenvalue weighted by Gasteiger charge is 2.47. The third kappa shape index (κ3) is 2.42. The molecule has 6 heteroatoms. The van der Waals surface area contributed by atoms with E-state index in [1.807, 2.05) is 0 Å². The lowest BCUT2D eigenvalue weighted by atomic mass is 9.92. The van der Waals surface area contributed by atoms with E-state index in [4.69, 9.17) is 22.5 Å². The van der Waals surface area contributed by atoms with Crippen molar-refractivity contribution >= 4 is 37.3 Å². The van der Waals surface area contributed by atoms with Gasteiger partial charge in [0, 0.05) is 22.2 Å². The zero-order valence-electron chi connectivity index (χ0n) is 11.7. The van der Waals surface area contributed by atoms with Gasteiger partial charge in [-0.2, -0.15) is 0 Å². The maximum Gasteiger partial charge on any atom is 0.136 e. The Morgan fingerprint density at radius 1 is 0.778 bits per heavy atom. The predicted octanol–water partition coefficient (Wildman–Crippen LogP) is 6.41. The Labute approximate surface area is 122 Å². The van der Waals surface area contributed by atoms with Gasteiger partial charge in [0.15, 0.2) is 0 Å². The van der Waals surface area contributed by atoms with E-state index in [0.29, 0.717) is 0 Å². The van der Waals surface area contributed by atoms with Gasteiger partial charge in [-0.25, -0.2) is 9.56 Å². The van der Waals surface area contributed by atoms with Crippen molar-refractivity contribution in [2.45, 2.75) is 41.5 Å². The lowest BCUT2D eigenvalue weighted by Crippen LogP contribution is -2.32. The van der Waals surface area contributed by atoms with Crippen molar-refractivity contribution in [2.24, 2.45) is 10.8 Å². The average molecular weight is 325 g/mol. The van der Waals surface area contributed by atoms with Gasteiger partial charge in [-0.15, -0.1) is 0 Å². The largest absolute Gasteiger partial charge is 0.244 e. The van der Waals surface area contributed by atoms with Crippen molar-refractivity contribution < 1.29 is 0 Å². The second-order valence-electron chi connectivity index (χ2n) is 6.68. The van der Waals surface area contributed by atoms with E-state index in [-0.39, 0.29) is 10.8 Å². The van der Waals surface area contributed by atoms with E-state index < -0.39 is 14.9 Å². The first-order chi connectivity index (χ1) is 8.03. The molecule has 0 radical (unpaired) electrons. The monoisotopic (exact) mass is 324 g/mol. The predicted molar refractivity (Wildman–Crippen MR) is 84.3 cm³/mol. The summed E-state index contributed by atoms with van der Waals surface area (Å²) in [5.41, 5.74) is 2.64. The van der Waals surface area contributed by atoms with E-state index in [2.05, 4.69) is 62.7 Å². The molecule has 2 aliphatic rings. The molecule has 0 spiro atoms. The molecular formula is C12H20Cl2N2P2. The van der Waals surface area contributed by atoms with Gasteiger partial charge in [0.2, 0.25) is 0 Å². The summed E-state index contributed by atoms with van der Waals surface area (Å²) in [5, 5.41) is 0. The van der Waals surface area contributed by atoms with E-state index in [0.717, 1.165) is 0 Å². The highest BCUT2D eigenvalue weighted by atomic mass is 35.7. The first kappa shape index (κ1) is 14.9. The zero-order valence-corrected chi connectivity index (χ0v) is 15.0. The van der Waals surface area contributed by atoms with Crippen molar-refractivity contribution in [3.63, 3.8) is 0 Å². The molecule has 2 unspecified atom stereocenters. The molecule has 0 aromatic heterocycles. The Balaban J connectivity index is 2.39. The molecule has 0 amide bonds. The van der Waals surface area contributed by atoms with E-state index in [9.17, 15) is 0 Å². The lowest BCUT2D eigenvalue weighted by Gasteiger charge is -2.38. The molecule has 18 heavy (non-hydrogen) atoms. The smallest absolute Gasteiger partial charge is 0.136 e. The van der Waals surface area contributed by atoms with Gasteiger partial charge in [-0.3, -0.25) is 0 Å². The fourth-order valence-corrected chi connectivity index (χ4v) is 7.66. The zero-order chi connectivity index (χ0) is 13.9. The summed E-state index contributed by atoms with van der Waals surface area (Å²) in [6, 6.07) is 0. The summed E-state index contributed by atoms with van der Waals surface area (Å²) in [6.45, 7) is 13.2. The molecule has 2 nitrogen and oxygen atoms in total. The Kier molecular flexibility index (Phi) is 3.75. The van der Waals surface area contributed by atoms with Crippen LogP contribution in [0.25, 0.3) is 0 Å². The van der Waals surface area contributed by atoms with Crippen LogP contribution in [-0.4, -0.2) is 9.56 Å². The number of hydrogen-bond acceptors (Lipinski definition) is 2. The number of halogens is 2. The Morgan fingerprint density at radius 2 is 1.06 bits per heavy atom. The number of fused-ring (bicyclic) bond motifs is 1. The number of rotatable bonds is 0. The highest BCUT2D eigenvalue weighted by molar-refractivity contribution is 7.88. The van der Waals surface area contributed by atoms with Crippen LogP contribution in [0.1, 0.15) is 41.5 Å². The molecule has 2 rings (SSSR count). The van der Waals surface area contributed by atoms with Crippen molar-refractivity contribution in [1.82, 2.24) is 9.56 Å². The molecule has 0 aromatic rings. The third-order valence-electron chi connectivity index (χ3n) is 2.97. The summed E-state index contributed by atoms with van der Waals surface area (Å²) < 4.78 is 4.44. The summed E-state index contributed by atoms with van der Waals surface area (Å²) in [5.74, 6) is 4.38. The summed E-state index contributed by atoms with van der Waals surface area (Å²) in [4.78, 5) is 0. The normalized spacial score (nSPS) is 28.4. The number of hydrazine groups is 1. The van der Waals surface area contributed by atoms with E-state index in [1.165, 1.54) is 11.4 Å². The molecule has 0 aromatic carbocycles. The second kappa shape index (κ2) is 4.52. The third-order valence-corrected chi connectivity index (χ3v) is 6.98.